The van der Waals surface area contributed by atoms with Crippen LogP contribution < -0.4 is 10.1 Å². The van der Waals surface area contributed by atoms with Crippen molar-refractivity contribution in [1.29, 1.82) is 0 Å². The fraction of sp³-hybridized carbons (Fsp3) is 0.222. The van der Waals surface area contributed by atoms with Crippen LogP contribution in [-0.2, 0) is 17.8 Å². The predicted molar refractivity (Wildman–Crippen MR) is 93.3 cm³/mol. The summed E-state index contributed by atoms with van der Waals surface area (Å²) in [6, 6.07) is 8.41. The zero-order valence-corrected chi connectivity index (χ0v) is 14.3. The van der Waals surface area contributed by atoms with Crippen LogP contribution in [-0.4, -0.2) is 28.8 Å². The molecule has 8 heteroatoms. The summed E-state index contributed by atoms with van der Waals surface area (Å²) >= 11 is 0. The van der Waals surface area contributed by atoms with Crippen LogP contribution in [0, 0.1) is 10.1 Å². The number of phenolic OH excluding ortho intramolecular Hbond substituents is 1. The lowest BCUT2D eigenvalue weighted by molar-refractivity contribution is -0.384. The molecule has 1 amide bonds. The highest BCUT2D eigenvalue weighted by Gasteiger charge is 2.14. The lowest BCUT2D eigenvalue weighted by Crippen LogP contribution is -2.25. The lowest BCUT2D eigenvalue weighted by atomic mass is 10.0. The summed E-state index contributed by atoms with van der Waals surface area (Å²) in [6.45, 7) is 1.36. The summed E-state index contributed by atoms with van der Waals surface area (Å²) in [5.74, 6) is -0.179. The van der Waals surface area contributed by atoms with Crippen molar-refractivity contribution >= 4 is 17.4 Å². The molecule has 0 heterocycles. The monoisotopic (exact) mass is 358 g/mol. The van der Waals surface area contributed by atoms with Crippen LogP contribution in [0.15, 0.2) is 36.4 Å². The summed E-state index contributed by atoms with van der Waals surface area (Å²) in [7, 11) is 1.46. The summed E-state index contributed by atoms with van der Waals surface area (Å²) in [6.07, 6.45) is -0.0417. The van der Waals surface area contributed by atoms with E-state index in [-0.39, 0.29) is 41.7 Å². The molecule has 2 rings (SSSR count). The summed E-state index contributed by atoms with van der Waals surface area (Å²) in [5.41, 5.74) is 1.06. The highest BCUT2D eigenvalue weighted by molar-refractivity contribution is 5.94. The van der Waals surface area contributed by atoms with Gasteiger partial charge in [0, 0.05) is 35.4 Å². The third-order valence-electron chi connectivity index (χ3n) is 3.79. The molecule has 0 spiro atoms. The number of nitro benzene ring substituents is 1. The predicted octanol–water partition coefficient (Wildman–Crippen LogP) is 2.37. The van der Waals surface area contributed by atoms with Crippen LogP contribution in [0.2, 0.25) is 0 Å². The molecular weight excluding hydrogens is 340 g/mol. The number of Topliss-reactive ketones (excluding diaryl/α,β-unsaturated/α-hetero) is 1. The van der Waals surface area contributed by atoms with Gasteiger partial charge in [0.05, 0.1) is 18.5 Å². The molecule has 0 saturated carbocycles. The number of carbonyl (C=O) groups is 2. The van der Waals surface area contributed by atoms with Gasteiger partial charge in [-0.25, -0.2) is 0 Å². The maximum Gasteiger partial charge on any atom is 0.270 e. The Labute approximate surface area is 149 Å². The third kappa shape index (κ3) is 4.56. The van der Waals surface area contributed by atoms with E-state index in [4.69, 9.17) is 4.74 Å². The van der Waals surface area contributed by atoms with Crippen molar-refractivity contribution in [2.24, 2.45) is 0 Å². The van der Waals surface area contributed by atoms with Gasteiger partial charge in [-0.3, -0.25) is 19.7 Å². The molecule has 26 heavy (non-hydrogen) atoms. The van der Waals surface area contributed by atoms with E-state index in [1.165, 1.54) is 32.2 Å². The van der Waals surface area contributed by atoms with E-state index in [0.29, 0.717) is 16.9 Å². The molecule has 0 aromatic heterocycles. The molecule has 8 nitrogen and oxygen atoms in total. The number of nitrogens with zero attached hydrogens (tertiary/aromatic N) is 1. The standard InChI is InChI=1S/C18H18N2O6/c1-11(21)12-3-6-17(26-2)13(7-12)9-18(23)19-10-14-8-15(20(24)25)4-5-16(14)22/h3-8,22H,9-10H2,1-2H3,(H,19,23). The number of carbonyl (C=O) groups excluding carboxylic acids is 2. The Hall–Kier alpha value is -3.42. The Kier molecular flexibility index (Phi) is 5.90. The van der Waals surface area contributed by atoms with Crippen molar-refractivity contribution in [1.82, 2.24) is 5.32 Å². The van der Waals surface area contributed by atoms with Gasteiger partial charge < -0.3 is 15.2 Å². The number of ketones is 1. The first-order valence-corrected chi connectivity index (χ1v) is 7.72. The normalized spacial score (nSPS) is 10.2. The minimum absolute atomic E-state index is 0.0417. The molecule has 0 aliphatic heterocycles. The molecule has 2 N–H and O–H groups in total. The number of ether oxygens (including phenoxy) is 1. The summed E-state index contributed by atoms with van der Waals surface area (Å²) in [5, 5.41) is 23.2. The van der Waals surface area contributed by atoms with Crippen molar-refractivity contribution in [2.45, 2.75) is 19.9 Å². The van der Waals surface area contributed by atoms with E-state index in [1.54, 1.807) is 18.2 Å². The van der Waals surface area contributed by atoms with E-state index in [9.17, 15) is 24.8 Å². The first kappa shape index (κ1) is 18.9. The van der Waals surface area contributed by atoms with E-state index in [0.717, 1.165) is 0 Å². The molecule has 0 radical (unpaired) electrons. The van der Waals surface area contributed by atoms with Gasteiger partial charge in [-0.15, -0.1) is 0 Å². The second kappa shape index (κ2) is 8.11. The number of aromatic hydroxyl groups is 1. The van der Waals surface area contributed by atoms with Crippen LogP contribution in [0.4, 0.5) is 5.69 Å². The van der Waals surface area contributed by atoms with Crippen LogP contribution in [0.3, 0.4) is 0 Å². The van der Waals surface area contributed by atoms with Gasteiger partial charge in [-0.05, 0) is 31.2 Å². The summed E-state index contributed by atoms with van der Waals surface area (Å²) in [4.78, 5) is 33.9. The topological polar surface area (TPSA) is 119 Å². The van der Waals surface area contributed by atoms with Crippen molar-refractivity contribution < 1.29 is 24.4 Å². The average Bonchev–Trinajstić information content (AvgIpc) is 2.60. The van der Waals surface area contributed by atoms with Gasteiger partial charge in [0.2, 0.25) is 5.91 Å². The SMILES string of the molecule is COc1ccc(C(C)=O)cc1CC(=O)NCc1cc([N+](=O)[O-])ccc1O. The van der Waals surface area contributed by atoms with Gasteiger partial charge in [-0.1, -0.05) is 0 Å². The number of benzene rings is 2. The number of hydrogen-bond acceptors (Lipinski definition) is 6. The van der Waals surface area contributed by atoms with Crippen LogP contribution >= 0.6 is 0 Å². The second-order valence-electron chi connectivity index (χ2n) is 5.61. The maximum absolute atomic E-state index is 12.2. The third-order valence-corrected chi connectivity index (χ3v) is 3.79. The van der Waals surface area contributed by atoms with E-state index >= 15 is 0 Å². The number of hydrogen-bond donors (Lipinski definition) is 2. The van der Waals surface area contributed by atoms with E-state index in [1.807, 2.05) is 0 Å². The molecule has 2 aromatic carbocycles. The number of phenols is 1. The Balaban J connectivity index is 2.10. The van der Waals surface area contributed by atoms with Gasteiger partial charge in [0.1, 0.15) is 11.5 Å². The Morgan fingerprint density at radius 3 is 2.54 bits per heavy atom. The maximum atomic E-state index is 12.2. The first-order valence-electron chi connectivity index (χ1n) is 7.72. The largest absolute Gasteiger partial charge is 0.508 e. The number of non-ortho nitro benzene ring substituents is 1. The molecule has 0 saturated heterocycles. The number of nitrogens with one attached hydrogen (secondary N) is 1. The molecule has 0 bridgehead atoms. The molecular formula is C18H18N2O6. The molecule has 0 aliphatic carbocycles. The molecule has 136 valence electrons. The minimum Gasteiger partial charge on any atom is -0.508 e. The molecule has 2 aromatic rings. The highest BCUT2D eigenvalue weighted by Crippen LogP contribution is 2.23. The minimum atomic E-state index is -0.580. The quantitative estimate of drug-likeness (QED) is 0.445. The average molecular weight is 358 g/mol. The Bertz CT molecular complexity index is 863. The number of rotatable bonds is 7. The van der Waals surface area contributed by atoms with Crippen LogP contribution in [0.5, 0.6) is 11.5 Å². The van der Waals surface area contributed by atoms with Crippen molar-refractivity contribution in [3.63, 3.8) is 0 Å². The zero-order valence-electron chi connectivity index (χ0n) is 14.3. The van der Waals surface area contributed by atoms with Gasteiger partial charge in [0.15, 0.2) is 5.78 Å². The molecule has 0 atom stereocenters. The van der Waals surface area contributed by atoms with Gasteiger partial charge in [0.25, 0.3) is 5.69 Å². The number of nitro groups is 1. The van der Waals surface area contributed by atoms with E-state index in [2.05, 4.69) is 5.32 Å². The lowest BCUT2D eigenvalue weighted by Gasteiger charge is -2.11. The number of amides is 1. The molecule has 0 unspecified atom stereocenters. The smallest absolute Gasteiger partial charge is 0.270 e. The van der Waals surface area contributed by atoms with E-state index < -0.39 is 4.92 Å². The number of methoxy groups -OCH3 is 1. The van der Waals surface area contributed by atoms with Gasteiger partial charge >= 0.3 is 0 Å². The van der Waals surface area contributed by atoms with Crippen LogP contribution in [0.1, 0.15) is 28.4 Å². The van der Waals surface area contributed by atoms with Crippen LogP contribution in [0.25, 0.3) is 0 Å². The Morgan fingerprint density at radius 2 is 1.92 bits per heavy atom. The fourth-order valence-electron chi connectivity index (χ4n) is 2.39. The summed E-state index contributed by atoms with van der Waals surface area (Å²) < 4.78 is 5.20. The van der Waals surface area contributed by atoms with Crippen molar-refractivity contribution in [3.05, 3.63) is 63.2 Å². The Morgan fingerprint density at radius 1 is 1.19 bits per heavy atom. The molecule has 0 fully saturated rings. The highest BCUT2D eigenvalue weighted by atomic mass is 16.6. The fourth-order valence-corrected chi connectivity index (χ4v) is 2.39. The molecule has 0 aliphatic rings. The first-order chi connectivity index (χ1) is 12.3. The van der Waals surface area contributed by atoms with Gasteiger partial charge in [-0.2, -0.15) is 0 Å². The zero-order chi connectivity index (χ0) is 19.3. The van der Waals surface area contributed by atoms with Crippen molar-refractivity contribution in [2.75, 3.05) is 7.11 Å². The second-order valence-corrected chi connectivity index (χ2v) is 5.61. The van der Waals surface area contributed by atoms with Crippen molar-refractivity contribution in [3.8, 4) is 11.5 Å².